The maximum atomic E-state index is 12.9. The molecule has 0 spiro atoms. The topological polar surface area (TPSA) is 314 Å². The van der Waals surface area contributed by atoms with Crippen LogP contribution in [0.1, 0.15) is 60.1 Å². The number of nitrogen functional groups attached to an aromatic ring is 2. The number of nitrogens with zero attached hydrogens (tertiary/aromatic N) is 3. The zero-order valence-electron chi connectivity index (χ0n) is 31.8. The van der Waals surface area contributed by atoms with Gasteiger partial charge in [0.15, 0.2) is 28.4 Å². The summed E-state index contributed by atoms with van der Waals surface area (Å²) in [5.74, 6) is -2.62. The van der Waals surface area contributed by atoms with Crippen LogP contribution in [0.3, 0.4) is 0 Å². The summed E-state index contributed by atoms with van der Waals surface area (Å²) in [7, 11) is 1.48. The number of anilines is 2. The van der Waals surface area contributed by atoms with Gasteiger partial charge in [0.25, 0.3) is 5.91 Å². The van der Waals surface area contributed by atoms with E-state index in [0.717, 1.165) is 41.5 Å². The predicted molar refractivity (Wildman–Crippen MR) is 214 cm³/mol. The number of halogens is 1. The van der Waals surface area contributed by atoms with Crippen molar-refractivity contribution in [3.05, 3.63) is 70.5 Å². The summed E-state index contributed by atoms with van der Waals surface area (Å²) in [5, 5.41) is 73.5. The number of hydrogen-bond acceptors (Lipinski definition) is 14. The number of carboxylic acid groups (broad SMARTS) is 1. The number of aliphatic carboxylic acids is 1. The number of carboxylic acids is 1. The number of nitrogens with two attached hydrogens (primary N) is 2. The number of hydrogen-bond donors (Lipinski definition) is 12. The van der Waals surface area contributed by atoms with Gasteiger partial charge in [-0.15, -0.1) is 0 Å². The fourth-order valence-electron chi connectivity index (χ4n) is 5.83. The lowest BCUT2D eigenvalue weighted by atomic mass is 9.99. The number of benzene rings is 2. The van der Waals surface area contributed by atoms with E-state index in [4.69, 9.17) is 33.6 Å². The molecule has 0 saturated carbocycles. The molecular formula is C38H54ClN9O9. The van der Waals surface area contributed by atoms with Gasteiger partial charge in [-0.1, -0.05) is 60.1 Å². The number of rotatable bonds is 23. The van der Waals surface area contributed by atoms with E-state index in [1.807, 2.05) is 36.4 Å². The molecule has 57 heavy (non-hydrogen) atoms. The Morgan fingerprint density at radius 3 is 2.00 bits per heavy atom. The molecule has 0 aliphatic heterocycles. The quantitative estimate of drug-likeness (QED) is 0.0348. The van der Waals surface area contributed by atoms with Gasteiger partial charge in [-0.3, -0.25) is 20.3 Å². The van der Waals surface area contributed by atoms with Gasteiger partial charge in [-0.2, -0.15) is 0 Å². The van der Waals surface area contributed by atoms with Crippen LogP contribution in [-0.4, -0.2) is 133 Å². The van der Waals surface area contributed by atoms with Crippen LogP contribution in [0.25, 0.3) is 11.1 Å². The van der Waals surface area contributed by atoms with Crippen LogP contribution in [0.5, 0.6) is 0 Å². The third kappa shape index (κ3) is 14.8. The average Bonchev–Trinajstić information content (AvgIpc) is 3.19. The summed E-state index contributed by atoms with van der Waals surface area (Å²) < 4.78 is 0. The maximum absolute atomic E-state index is 12.9. The molecule has 0 aliphatic rings. The Bertz CT molecular complexity index is 1770. The highest BCUT2D eigenvalue weighted by Gasteiger charge is 2.30. The molecule has 0 fully saturated rings. The Morgan fingerprint density at radius 1 is 0.825 bits per heavy atom. The summed E-state index contributed by atoms with van der Waals surface area (Å²) in [6.45, 7) is -0.0210. The number of carbonyl (C=O) groups is 3. The van der Waals surface area contributed by atoms with E-state index in [0.29, 0.717) is 32.4 Å². The minimum Gasteiger partial charge on any atom is -0.480 e. The Hall–Kier alpha value is -4.95. The number of amides is 2. The van der Waals surface area contributed by atoms with Crippen LogP contribution in [0.2, 0.25) is 5.15 Å². The van der Waals surface area contributed by atoms with Gasteiger partial charge in [0.2, 0.25) is 5.91 Å². The molecule has 312 valence electrons. The molecule has 2 amide bonds. The van der Waals surface area contributed by atoms with Crippen molar-refractivity contribution >= 4 is 47.0 Å². The molecular weight excluding hydrogens is 762 g/mol. The lowest BCUT2D eigenvalue weighted by Gasteiger charge is -2.26. The van der Waals surface area contributed by atoms with Crippen LogP contribution >= 0.6 is 11.6 Å². The monoisotopic (exact) mass is 815 g/mol. The first-order chi connectivity index (χ1) is 27.1. The number of aliphatic hydroxyl groups is 5. The third-order valence-electron chi connectivity index (χ3n) is 9.33. The highest BCUT2D eigenvalue weighted by Crippen LogP contribution is 2.22. The smallest absolute Gasteiger partial charge is 0.326 e. The highest BCUT2D eigenvalue weighted by atomic mass is 35.5. The van der Waals surface area contributed by atoms with Crippen molar-refractivity contribution in [2.45, 2.75) is 81.8 Å². The largest absolute Gasteiger partial charge is 0.480 e. The minimum atomic E-state index is -1.71. The summed E-state index contributed by atoms with van der Waals surface area (Å²) in [5.41, 5.74) is 15.1. The molecule has 0 aliphatic carbocycles. The van der Waals surface area contributed by atoms with Gasteiger partial charge < -0.3 is 57.6 Å². The zero-order valence-corrected chi connectivity index (χ0v) is 32.5. The molecule has 0 radical (unpaired) electrons. The number of aromatic nitrogens is 2. The van der Waals surface area contributed by atoms with Crippen LogP contribution in [0.15, 0.2) is 48.5 Å². The molecule has 0 bridgehead atoms. The lowest BCUT2D eigenvalue weighted by molar-refractivity contribution is -0.149. The number of nitrogens with one attached hydrogen (secondary N) is 4. The molecule has 2 aromatic carbocycles. The van der Waals surface area contributed by atoms with Crippen molar-refractivity contribution in [2.75, 3.05) is 44.8 Å². The second-order valence-corrected chi connectivity index (χ2v) is 14.0. The lowest BCUT2D eigenvalue weighted by Crippen LogP contribution is -2.49. The molecule has 1 aromatic heterocycles. The molecule has 19 heteroatoms. The second-order valence-electron chi connectivity index (χ2n) is 13.6. The molecule has 0 saturated heterocycles. The Labute approximate surface area is 335 Å². The van der Waals surface area contributed by atoms with Gasteiger partial charge >= 0.3 is 5.97 Å². The van der Waals surface area contributed by atoms with Crippen LogP contribution < -0.4 is 27.4 Å². The molecule has 1 heterocycles. The predicted octanol–water partition coefficient (Wildman–Crippen LogP) is 0.278. The number of aryl methyl sites for hydroxylation is 2. The van der Waals surface area contributed by atoms with Crippen LogP contribution in [-0.2, 0) is 22.4 Å². The average molecular weight is 816 g/mol. The number of likely N-dealkylation sites (N-methyl/N-ethyl adjacent to an activating group) is 1. The van der Waals surface area contributed by atoms with Crippen molar-refractivity contribution < 1.29 is 45.0 Å². The van der Waals surface area contributed by atoms with Crippen LogP contribution in [0.4, 0.5) is 11.6 Å². The number of guanidine groups is 1. The zero-order chi connectivity index (χ0) is 42.1. The van der Waals surface area contributed by atoms with Gasteiger partial charge in [0.05, 0.1) is 12.7 Å². The summed E-state index contributed by atoms with van der Waals surface area (Å²) >= 11 is 5.81. The van der Waals surface area contributed by atoms with E-state index in [-0.39, 0.29) is 53.7 Å². The first kappa shape index (κ1) is 46.4. The van der Waals surface area contributed by atoms with E-state index >= 15 is 0 Å². The molecule has 3 aromatic rings. The van der Waals surface area contributed by atoms with Gasteiger partial charge in [-0.25, -0.2) is 14.8 Å². The number of carbonyl (C=O) groups excluding carboxylic acids is 2. The van der Waals surface area contributed by atoms with E-state index in [1.54, 1.807) is 0 Å². The molecule has 3 rings (SSSR count). The van der Waals surface area contributed by atoms with Gasteiger partial charge in [0.1, 0.15) is 24.4 Å². The summed E-state index contributed by atoms with van der Waals surface area (Å²) in [4.78, 5) is 46.1. The van der Waals surface area contributed by atoms with Crippen molar-refractivity contribution in [3.63, 3.8) is 0 Å². The van der Waals surface area contributed by atoms with E-state index in [1.165, 1.54) is 11.9 Å². The second kappa shape index (κ2) is 23.3. The Morgan fingerprint density at radius 2 is 1.40 bits per heavy atom. The fourth-order valence-corrected chi connectivity index (χ4v) is 5.95. The summed E-state index contributed by atoms with van der Waals surface area (Å²) in [6.07, 6.45) is -2.14. The van der Waals surface area contributed by atoms with E-state index in [9.17, 15) is 39.9 Å². The van der Waals surface area contributed by atoms with E-state index in [2.05, 4.69) is 38.1 Å². The molecule has 18 nitrogen and oxygen atoms in total. The van der Waals surface area contributed by atoms with Crippen molar-refractivity contribution in [1.82, 2.24) is 30.8 Å². The Balaban J connectivity index is 1.34. The molecule has 0 unspecified atom stereocenters. The first-order valence-corrected chi connectivity index (χ1v) is 18.9. The first-order valence-electron chi connectivity index (χ1n) is 18.6. The minimum absolute atomic E-state index is 0.0932. The van der Waals surface area contributed by atoms with Crippen molar-refractivity contribution in [2.24, 2.45) is 0 Å². The molecule has 5 atom stereocenters. The SMILES string of the molecule is CN(C(=O)CCc1ccc(-c2ccc(CCCCNC(=N)NC(=O)c3nc(Cl)c(N)nc3N)cc2)cc1)[C@@H](CCCCNC[C@H](O)[C@@H](O)[C@H](O)[C@H](O)CO)C(=O)O. The standard InChI is InChI=1S/C38H54ClN9O9/c1-48(26(37(56)57)7-3-4-18-43-20-27(50)31(53)32(54)28(51)21-49)29(52)17-12-23-10-15-25(16-11-23)24-13-8-22(9-14-24)6-2-5-19-44-38(42)47-36(55)30-34(40)46-35(41)33(39)45-30/h8-11,13-16,26-28,31-32,43,49-51,53-54H,2-7,12,17-21H2,1H3,(H,56,57)(H4,40,41,46)(H3,42,44,47,55)/t26-,27-,28+,31+,32+/m0/s1. The van der Waals surface area contributed by atoms with Gasteiger partial charge in [0, 0.05) is 26.6 Å². The van der Waals surface area contributed by atoms with Crippen LogP contribution in [0, 0.1) is 5.41 Å². The Kier molecular flexibility index (Phi) is 19.0. The maximum Gasteiger partial charge on any atom is 0.326 e. The van der Waals surface area contributed by atoms with Crippen molar-refractivity contribution in [3.8, 4) is 11.1 Å². The number of unbranched alkanes of at least 4 members (excludes halogenated alkanes) is 2. The highest BCUT2D eigenvalue weighted by molar-refractivity contribution is 6.31. The fraction of sp³-hybridized carbons (Fsp3) is 0.474. The summed E-state index contributed by atoms with van der Waals surface area (Å²) in [6, 6.07) is 15.1. The third-order valence-corrected chi connectivity index (χ3v) is 9.61. The normalized spacial score (nSPS) is 13.9. The van der Waals surface area contributed by atoms with E-state index < -0.39 is 48.9 Å². The number of aliphatic hydroxyl groups excluding tert-OH is 5. The van der Waals surface area contributed by atoms with Gasteiger partial charge in [-0.05, 0) is 73.7 Å². The van der Waals surface area contributed by atoms with Crippen molar-refractivity contribution in [1.29, 1.82) is 5.41 Å². The molecule has 14 N–H and O–H groups in total.